The number of hydrogen-bond acceptors (Lipinski definition) is 3. The smallest absolute Gasteiger partial charge is 0.323 e. The van der Waals surface area contributed by atoms with Gasteiger partial charge in [0, 0.05) is 20.1 Å². The molecule has 2 atom stereocenters. The fraction of sp³-hybridized carbons (Fsp3) is 0.727. The third-order valence-electron chi connectivity index (χ3n) is 3.55. The van der Waals surface area contributed by atoms with Crippen molar-refractivity contribution in [2.24, 2.45) is 5.92 Å². The summed E-state index contributed by atoms with van der Waals surface area (Å²) in [5.74, 6) is -1.18. The Bertz CT molecular complexity index is 384. The molecule has 0 bridgehead atoms. The molecule has 2 heterocycles. The molecule has 3 amide bonds. The van der Waals surface area contributed by atoms with Gasteiger partial charge in [-0.15, -0.1) is 0 Å². The van der Waals surface area contributed by atoms with Crippen LogP contribution in [0.5, 0.6) is 0 Å². The second-order valence-corrected chi connectivity index (χ2v) is 4.79. The molecule has 2 rings (SSSR count). The number of fused-ring (bicyclic) bond motifs is 1. The first-order valence-electron chi connectivity index (χ1n) is 6.02. The van der Waals surface area contributed by atoms with Crippen molar-refractivity contribution in [1.29, 1.82) is 0 Å². The third-order valence-corrected chi connectivity index (χ3v) is 3.55. The van der Waals surface area contributed by atoms with E-state index in [1.807, 2.05) is 0 Å². The van der Waals surface area contributed by atoms with Gasteiger partial charge >= 0.3 is 12.0 Å². The minimum atomic E-state index is -1.04. The van der Waals surface area contributed by atoms with E-state index in [2.05, 4.69) is 5.32 Å². The Hall–Kier alpha value is -1.79. The quantitative estimate of drug-likeness (QED) is 0.685. The second kappa shape index (κ2) is 4.83. The average Bonchev–Trinajstić information content (AvgIpc) is 2.69. The summed E-state index contributed by atoms with van der Waals surface area (Å²) in [6, 6.07) is -0.446. The van der Waals surface area contributed by atoms with E-state index in [9.17, 15) is 14.4 Å². The van der Waals surface area contributed by atoms with Crippen LogP contribution in [0.3, 0.4) is 0 Å². The van der Waals surface area contributed by atoms with Gasteiger partial charge in [0.05, 0.1) is 12.0 Å². The Morgan fingerprint density at radius 3 is 2.94 bits per heavy atom. The molecule has 2 saturated heterocycles. The molecule has 7 nitrogen and oxygen atoms in total. The van der Waals surface area contributed by atoms with Crippen molar-refractivity contribution in [3.8, 4) is 0 Å². The lowest BCUT2D eigenvalue weighted by atomic mass is 9.92. The number of amides is 3. The van der Waals surface area contributed by atoms with Gasteiger partial charge in [-0.2, -0.15) is 0 Å². The van der Waals surface area contributed by atoms with Crippen LogP contribution in [-0.2, 0) is 9.59 Å². The molecule has 0 aliphatic carbocycles. The third kappa shape index (κ3) is 2.25. The molecule has 2 N–H and O–H groups in total. The lowest BCUT2D eigenvalue weighted by Gasteiger charge is -2.37. The average molecular weight is 255 g/mol. The fourth-order valence-corrected chi connectivity index (χ4v) is 2.68. The van der Waals surface area contributed by atoms with Gasteiger partial charge in [-0.3, -0.25) is 9.59 Å². The summed E-state index contributed by atoms with van der Waals surface area (Å²) in [5, 5.41) is 11.4. The lowest BCUT2D eigenvalue weighted by Crippen LogP contribution is -2.53. The van der Waals surface area contributed by atoms with Gasteiger partial charge in [0.2, 0.25) is 5.91 Å². The first-order valence-corrected chi connectivity index (χ1v) is 6.02. The fourth-order valence-electron chi connectivity index (χ4n) is 2.68. The molecule has 0 aromatic heterocycles. The predicted molar refractivity (Wildman–Crippen MR) is 61.9 cm³/mol. The minimum absolute atomic E-state index is 0.00149. The summed E-state index contributed by atoms with van der Waals surface area (Å²) in [7, 11) is 1.46. The Morgan fingerprint density at radius 2 is 2.28 bits per heavy atom. The van der Waals surface area contributed by atoms with E-state index in [1.165, 1.54) is 11.9 Å². The molecule has 2 aliphatic rings. The summed E-state index contributed by atoms with van der Waals surface area (Å²) in [6.45, 7) is 0.725. The number of carboxylic acid groups (broad SMARTS) is 1. The highest BCUT2D eigenvalue weighted by Gasteiger charge is 2.43. The number of rotatable bonds is 2. The van der Waals surface area contributed by atoms with Crippen LogP contribution in [0.1, 0.15) is 12.8 Å². The number of aliphatic carboxylic acids is 1. The number of likely N-dealkylation sites (N-methyl/N-ethyl adjacent to an activating group) is 1. The van der Waals surface area contributed by atoms with Crippen molar-refractivity contribution in [3.05, 3.63) is 0 Å². The number of nitrogens with zero attached hydrogens (tertiary/aromatic N) is 2. The molecule has 0 radical (unpaired) electrons. The zero-order chi connectivity index (χ0) is 13.3. The van der Waals surface area contributed by atoms with E-state index in [-0.39, 0.29) is 30.4 Å². The number of likely N-dealkylation sites (tertiary alicyclic amines) is 1. The zero-order valence-electron chi connectivity index (χ0n) is 10.3. The topological polar surface area (TPSA) is 90.0 Å². The normalized spacial score (nSPS) is 26.5. The highest BCUT2D eigenvalue weighted by Crippen LogP contribution is 2.27. The van der Waals surface area contributed by atoms with Crippen LogP contribution in [0, 0.1) is 5.92 Å². The molecular weight excluding hydrogens is 238 g/mol. The van der Waals surface area contributed by atoms with E-state index in [1.54, 1.807) is 4.90 Å². The van der Waals surface area contributed by atoms with Crippen LogP contribution in [0.2, 0.25) is 0 Å². The van der Waals surface area contributed by atoms with Crippen LogP contribution in [-0.4, -0.2) is 65.5 Å². The number of urea groups is 1. The standard InChI is InChI=1S/C11H17N3O4/c1-13(6-9(15)16)11(18)14-4-2-3-7-8(14)5-12-10(7)17/h7-8H,2-6H2,1H3,(H,12,17)(H,15,16). The molecule has 0 spiro atoms. The first-order chi connectivity index (χ1) is 8.50. The Kier molecular flexibility index (Phi) is 3.40. The molecule has 0 aromatic rings. The maximum atomic E-state index is 12.1. The summed E-state index contributed by atoms with van der Waals surface area (Å²) in [5.41, 5.74) is 0. The van der Waals surface area contributed by atoms with Crippen molar-refractivity contribution in [1.82, 2.24) is 15.1 Å². The van der Waals surface area contributed by atoms with E-state index in [0.717, 1.165) is 12.8 Å². The van der Waals surface area contributed by atoms with E-state index < -0.39 is 5.97 Å². The van der Waals surface area contributed by atoms with E-state index in [4.69, 9.17) is 5.11 Å². The molecule has 0 saturated carbocycles. The summed E-state index contributed by atoms with van der Waals surface area (Å²) in [6.07, 6.45) is 1.57. The van der Waals surface area contributed by atoms with Gasteiger partial charge in [0.25, 0.3) is 0 Å². The number of carbonyl (C=O) groups is 3. The van der Waals surface area contributed by atoms with Crippen LogP contribution in [0.15, 0.2) is 0 Å². The lowest BCUT2D eigenvalue weighted by molar-refractivity contribution is -0.137. The first kappa shape index (κ1) is 12.7. The van der Waals surface area contributed by atoms with Crippen LogP contribution < -0.4 is 5.32 Å². The number of nitrogens with one attached hydrogen (secondary N) is 1. The van der Waals surface area contributed by atoms with Gasteiger partial charge in [-0.25, -0.2) is 4.79 Å². The molecule has 100 valence electrons. The highest BCUT2D eigenvalue weighted by atomic mass is 16.4. The largest absolute Gasteiger partial charge is 0.480 e. The Morgan fingerprint density at radius 1 is 1.56 bits per heavy atom. The zero-order valence-corrected chi connectivity index (χ0v) is 10.3. The Balaban J connectivity index is 2.05. The van der Waals surface area contributed by atoms with Crippen molar-refractivity contribution >= 4 is 17.9 Å². The predicted octanol–water partition coefficient (Wildman–Crippen LogP) is -0.667. The molecular formula is C11H17N3O4. The number of hydrogen-bond donors (Lipinski definition) is 2. The Labute approximate surface area is 105 Å². The number of piperidine rings is 1. The summed E-state index contributed by atoms with van der Waals surface area (Å²) in [4.78, 5) is 37.1. The van der Waals surface area contributed by atoms with Crippen molar-refractivity contribution in [2.75, 3.05) is 26.7 Å². The minimum Gasteiger partial charge on any atom is -0.480 e. The number of carboxylic acids is 1. The molecule has 7 heteroatoms. The van der Waals surface area contributed by atoms with E-state index in [0.29, 0.717) is 13.1 Å². The van der Waals surface area contributed by atoms with Gasteiger partial charge < -0.3 is 20.2 Å². The molecule has 2 unspecified atom stereocenters. The van der Waals surface area contributed by atoms with Gasteiger partial charge in [-0.1, -0.05) is 0 Å². The van der Waals surface area contributed by atoms with Crippen molar-refractivity contribution in [3.63, 3.8) is 0 Å². The monoisotopic (exact) mass is 255 g/mol. The van der Waals surface area contributed by atoms with Gasteiger partial charge in [-0.05, 0) is 12.8 Å². The molecule has 18 heavy (non-hydrogen) atoms. The SMILES string of the molecule is CN(CC(=O)O)C(=O)N1CCCC2C(=O)NCC21. The summed E-state index contributed by atoms with van der Waals surface area (Å²) >= 11 is 0. The summed E-state index contributed by atoms with van der Waals surface area (Å²) < 4.78 is 0. The van der Waals surface area contributed by atoms with Crippen molar-refractivity contribution in [2.45, 2.75) is 18.9 Å². The maximum absolute atomic E-state index is 12.1. The van der Waals surface area contributed by atoms with Crippen molar-refractivity contribution < 1.29 is 19.5 Å². The molecule has 0 aromatic carbocycles. The van der Waals surface area contributed by atoms with Crippen LogP contribution in [0.25, 0.3) is 0 Å². The second-order valence-electron chi connectivity index (χ2n) is 4.79. The molecule has 2 aliphatic heterocycles. The van der Waals surface area contributed by atoms with Gasteiger partial charge in [0.15, 0.2) is 0 Å². The van der Waals surface area contributed by atoms with Crippen LogP contribution >= 0.6 is 0 Å². The number of carbonyl (C=O) groups excluding carboxylic acids is 2. The van der Waals surface area contributed by atoms with Crippen LogP contribution in [0.4, 0.5) is 4.79 Å². The highest BCUT2D eigenvalue weighted by molar-refractivity contribution is 5.85. The van der Waals surface area contributed by atoms with E-state index >= 15 is 0 Å². The maximum Gasteiger partial charge on any atom is 0.323 e. The van der Waals surface area contributed by atoms with Gasteiger partial charge in [0.1, 0.15) is 6.54 Å². The molecule has 2 fully saturated rings.